The Morgan fingerprint density at radius 1 is 1.33 bits per heavy atom. The predicted octanol–water partition coefficient (Wildman–Crippen LogP) is 3.60. The van der Waals surface area contributed by atoms with E-state index in [1.54, 1.807) is 0 Å². The molecule has 12 heavy (non-hydrogen) atoms. The van der Waals surface area contributed by atoms with Crippen LogP contribution < -0.4 is 0 Å². The van der Waals surface area contributed by atoms with Crippen molar-refractivity contribution in [1.82, 2.24) is 0 Å². The van der Waals surface area contributed by atoms with E-state index in [9.17, 15) is 0 Å². The minimum absolute atomic E-state index is 0.426. The summed E-state index contributed by atoms with van der Waals surface area (Å²) < 4.78 is 0. The van der Waals surface area contributed by atoms with E-state index in [-0.39, 0.29) is 0 Å². The lowest BCUT2D eigenvalue weighted by Crippen LogP contribution is -1.96. The van der Waals surface area contributed by atoms with Crippen LogP contribution in [0, 0.1) is 0 Å². The van der Waals surface area contributed by atoms with Gasteiger partial charge in [-0.25, -0.2) is 0 Å². The first kappa shape index (κ1) is 11.4. The summed E-state index contributed by atoms with van der Waals surface area (Å²) in [6.45, 7) is 12.2. The largest absolute Gasteiger partial charge is 0.298 e. The summed E-state index contributed by atoms with van der Waals surface area (Å²) in [5.74, 6) is 0. The van der Waals surface area contributed by atoms with Crippen LogP contribution in [0.25, 0.3) is 0 Å². The molecule has 0 heterocycles. The summed E-state index contributed by atoms with van der Waals surface area (Å²) >= 11 is 0. The first-order valence-corrected chi connectivity index (χ1v) is 4.66. The number of rotatable bonds is 5. The van der Waals surface area contributed by atoms with Crippen LogP contribution in [0.1, 0.15) is 47.0 Å². The molecule has 0 spiro atoms. The lowest BCUT2D eigenvalue weighted by Gasteiger charge is -2.06. The Bertz CT molecular complexity index is 164. The molecule has 0 saturated carbocycles. The van der Waals surface area contributed by atoms with Gasteiger partial charge in [-0.15, -0.1) is 0 Å². The molecule has 0 rings (SSSR count). The molecule has 0 aromatic heterocycles. The van der Waals surface area contributed by atoms with E-state index in [0.29, 0.717) is 6.04 Å². The maximum absolute atomic E-state index is 3.96. The van der Waals surface area contributed by atoms with Crippen molar-refractivity contribution in [2.45, 2.75) is 53.0 Å². The molecule has 0 aliphatic heterocycles. The van der Waals surface area contributed by atoms with Crippen molar-refractivity contribution >= 4 is 6.72 Å². The van der Waals surface area contributed by atoms with Gasteiger partial charge in [-0.1, -0.05) is 11.1 Å². The molecule has 0 fully saturated rings. The standard InChI is InChI=1S/C11H21N/c1-9(2)10(3)7-6-8-11(4)12-5/h11H,5-8H2,1-4H3. The maximum atomic E-state index is 3.96. The molecule has 0 aliphatic rings. The molecule has 0 radical (unpaired) electrons. The van der Waals surface area contributed by atoms with Crippen molar-refractivity contribution in [3.05, 3.63) is 11.1 Å². The minimum Gasteiger partial charge on any atom is -0.298 e. The average molecular weight is 167 g/mol. The number of nitrogens with zero attached hydrogens (tertiary/aromatic N) is 1. The van der Waals surface area contributed by atoms with Gasteiger partial charge in [0.25, 0.3) is 0 Å². The lowest BCUT2D eigenvalue weighted by molar-refractivity contribution is 0.626. The molecule has 1 nitrogen and oxygen atoms in total. The second-order valence-corrected chi connectivity index (χ2v) is 3.70. The van der Waals surface area contributed by atoms with Gasteiger partial charge in [0.1, 0.15) is 0 Å². The van der Waals surface area contributed by atoms with Gasteiger partial charge in [-0.05, 0) is 53.7 Å². The van der Waals surface area contributed by atoms with E-state index in [1.807, 2.05) is 0 Å². The van der Waals surface area contributed by atoms with E-state index in [4.69, 9.17) is 0 Å². The Hall–Kier alpha value is -0.590. The highest BCUT2D eigenvalue weighted by Gasteiger charge is 1.98. The van der Waals surface area contributed by atoms with Gasteiger partial charge in [-0.2, -0.15) is 0 Å². The van der Waals surface area contributed by atoms with E-state index < -0.39 is 0 Å². The van der Waals surface area contributed by atoms with Gasteiger partial charge < -0.3 is 0 Å². The van der Waals surface area contributed by atoms with Crippen LogP contribution in [-0.4, -0.2) is 12.8 Å². The Morgan fingerprint density at radius 3 is 2.33 bits per heavy atom. The normalized spacial score (nSPS) is 12.3. The highest BCUT2D eigenvalue weighted by atomic mass is 14.7. The van der Waals surface area contributed by atoms with Crippen LogP contribution in [-0.2, 0) is 0 Å². The summed E-state index contributed by atoms with van der Waals surface area (Å²) in [5.41, 5.74) is 2.97. The fourth-order valence-electron chi connectivity index (χ4n) is 1.00. The molecule has 0 aliphatic carbocycles. The van der Waals surface area contributed by atoms with Crippen LogP contribution in [0.2, 0.25) is 0 Å². The molecule has 0 bridgehead atoms. The third-order valence-electron chi connectivity index (χ3n) is 2.34. The number of hydrogen-bond acceptors (Lipinski definition) is 1. The Morgan fingerprint density at radius 2 is 1.92 bits per heavy atom. The molecular formula is C11H21N. The molecule has 0 aromatic carbocycles. The molecule has 0 saturated heterocycles. The van der Waals surface area contributed by atoms with Crippen molar-refractivity contribution in [3.63, 3.8) is 0 Å². The Balaban J connectivity index is 3.57. The third-order valence-corrected chi connectivity index (χ3v) is 2.34. The Kier molecular flexibility index (Phi) is 5.69. The lowest BCUT2D eigenvalue weighted by atomic mass is 10.0. The summed E-state index contributed by atoms with van der Waals surface area (Å²) in [4.78, 5) is 3.96. The summed E-state index contributed by atoms with van der Waals surface area (Å²) in [7, 11) is 0. The number of aliphatic imine (C=N–C) groups is 1. The average Bonchev–Trinajstić information content (AvgIpc) is 2.03. The van der Waals surface area contributed by atoms with Crippen molar-refractivity contribution in [2.75, 3.05) is 0 Å². The molecular weight excluding hydrogens is 146 g/mol. The van der Waals surface area contributed by atoms with Crippen molar-refractivity contribution in [1.29, 1.82) is 0 Å². The molecule has 70 valence electrons. The summed E-state index contributed by atoms with van der Waals surface area (Å²) in [5, 5.41) is 0. The quantitative estimate of drug-likeness (QED) is 0.438. The zero-order valence-corrected chi connectivity index (χ0v) is 8.85. The SMILES string of the molecule is C=NC(C)CCCC(C)=C(C)C. The third kappa shape index (κ3) is 5.11. The molecule has 1 atom stereocenters. The fraction of sp³-hybridized carbons (Fsp3) is 0.727. The molecule has 0 aromatic rings. The van der Waals surface area contributed by atoms with Gasteiger partial charge in [0.2, 0.25) is 0 Å². The molecule has 1 unspecified atom stereocenters. The van der Waals surface area contributed by atoms with Gasteiger partial charge in [0.05, 0.1) is 0 Å². The van der Waals surface area contributed by atoms with Crippen molar-refractivity contribution < 1.29 is 0 Å². The smallest absolute Gasteiger partial charge is 0.0464 e. The Labute approximate surface area is 76.6 Å². The first-order chi connectivity index (χ1) is 5.57. The van der Waals surface area contributed by atoms with Gasteiger partial charge >= 0.3 is 0 Å². The van der Waals surface area contributed by atoms with Crippen molar-refractivity contribution in [2.24, 2.45) is 4.99 Å². The van der Waals surface area contributed by atoms with Gasteiger partial charge in [-0.3, -0.25) is 4.99 Å². The first-order valence-electron chi connectivity index (χ1n) is 4.66. The van der Waals surface area contributed by atoms with Crippen molar-refractivity contribution in [3.8, 4) is 0 Å². The van der Waals surface area contributed by atoms with E-state index in [0.717, 1.165) is 6.42 Å². The van der Waals surface area contributed by atoms with Gasteiger partial charge in [0.15, 0.2) is 0 Å². The second kappa shape index (κ2) is 5.99. The topological polar surface area (TPSA) is 12.4 Å². The highest BCUT2D eigenvalue weighted by molar-refractivity contribution is 5.23. The highest BCUT2D eigenvalue weighted by Crippen LogP contribution is 2.12. The molecule has 1 heteroatoms. The molecule has 0 N–H and O–H groups in total. The van der Waals surface area contributed by atoms with Crippen LogP contribution in [0.15, 0.2) is 16.1 Å². The fourth-order valence-corrected chi connectivity index (χ4v) is 1.00. The number of allylic oxidation sites excluding steroid dienone is 2. The predicted molar refractivity (Wildman–Crippen MR) is 56.9 cm³/mol. The zero-order valence-electron chi connectivity index (χ0n) is 8.85. The van der Waals surface area contributed by atoms with Gasteiger partial charge in [0, 0.05) is 6.04 Å². The van der Waals surface area contributed by atoms with Crippen LogP contribution in [0.4, 0.5) is 0 Å². The van der Waals surface area contributed by atoms with E-state index in [1.165, 1.54) is 24.0 Å². The zero-order chi connectivity index (χ0) is 9.56. The summed E-state index contributed by atoms with van der Waals surface area (Å²) in [6, 6.07) is 0.426. The van der Waals surface area contributed by atoms with Crippen LogP contribution in [0.3, 0.4) is 0 Å². The second-order valence-electron chi connectivity index (χ2n) is 3.70. The van der Waals surface area contributed by atoms with Crippen LogP contribution in [0.5, 0.6) is 0 Å². The monoisotopic (exact) mass is 167 g/mol. The summed E-state index contributed by atoms with van der Waals surface area (Å²) in [6.07, 6.45) is 3.60. The van der Waals surface area contributed by atoms with Crippen LogP contribution >= 0.6 is 0 Å². The minimum atomic E-state index is 0.426. The van der Waals surface area contributed by atoms with E-state index >= 15 is 0 Å². The van der Waals surface area contributed by atoms with E-state index in [2.05, 4.69) is 39.4 Å². The maximum Gasteiger partial charge on any atom is 0.0464 e. The number of hydrogen-bond donors (Lipinski definition) is 0. The molecule has 0 amide bonds.